The molecule has 0 fully saturated rings. The second-order valence-corrected chi connectivity index (χ2v) is 5.83. The second-order valence-electron chi connectivity index (χ2n) is 4.55. The minimum Gasteiger partial charge on any atom is -0.489 e. The van der Waals surface area contributed by atoms with E-state index in [1.165, 1.54) is 11.3 Å². The fourth-order valence-corrected chi connectivity index (χ4v) is 2.93. The molecule has 1 aromatic carbocycles. The average molecular weight is 325 g/mol. The molecule has 110 valence electrons. The Hall–Kier alpha value is -1.79. The molecule has 0 bridgehead atoms. The summed E-state index contributed by atoms with van der Waals surface area (Å²) in [5.41, 5.74) is 0.387. The van der Waals surface area contributed by atoms with E-state index in [1.54, 1.807) is 16.7 Å². The first-order chi connectivity index (χ1) is 10.1. The van der Waals surface area contributed by atoms with Crippen molar-refractivity contribution >= 4 is 28.8 Å². The molecule has 0 saturated heterocycles. The lowest BCUT2D eigenvalue weighted by atomic mass is 10.2. The summed E-state index contributed by atoms with van der Waals surface area (Å²) in [7, 11) is 1.84. The molecule has 0 saturated carbocycles. The zero-order valence-electron chi connectivity index (χ0n) is 11.3. The van der Waals surface area contributed by atoms with Gasteiger partial charge >= 0.3 is 0 Å². The van der Waals surface area contributed by atoms with Crippen LogP contribution in [0.4, 0.5) is 0 Å². The molecule has 7 heteroatoms. The van der Waals surface area contributed by atoms with Crippen LogP contribution < -0.4 is 14.3 Å². The molecular formula is C14H13ClN2O3S. The van der Waals surface area contributed by atoms with Crippen molar-refractivity contribution in [2.75, 3.05) is 13.2 Å². The van der Waals surface area contributed by atoms with Crippen molar-refractivity contribution in [3.05, 3.63) is 39.1 Å². The van der Waals surface area contributed by atoms with Crippen molar-refractivity contribution in [1.82, 2.24) is 4.57 Å². The number of benzene rings is 1. The molecule has 2 aromatic rings. The van der Waals surface area contributed by atoms with Gasteiger partial charge in [0.05, 0.1) is 18.2 Å². The zero-order valence-corrected chi connectivity index (χ0v) is 12.9. The first-order valence-corrected chi connectivity index (χ1v) is 7.69. The van der Waals surface area contributed by atoms with Crippen molar-refractivity contribution in [2.45, 2.75) is 6.42 Å². The summed E-state index contributed by atoms with van der Waals surface area (Å²) < 4.78 is 12.9. The molecule has 0 radical (unpaired) electrons. The molecule has 5 nitrogen and oxygen atoms in total. The number of fused-ring (bicyclic) bond motifs is 1. The minimum atomic E-state index is -0.356. The third kappa shape index (κ3) is 2.96. The van der Waals surface area contributed by atoms with E-state index in [1.807, 2.05) is 18.6 Å². The number of ether oxygens (including phenoxy) is 2. The summed E-state index contributed by atoms with van der Waals surface area (Å²) in [5.74, 6) is 0.632. The van der Waals surface area contributed by atoms with Crippen LogP contribution >= 0.6 is 22.9 Å². The Morgan fingerprint density at radius 2 is 2.19 bits per heavy atom. The molecule has 1 aliphatic rings. The number of hydrogen-bond acceptors (Lipinski definition) is 4. The third-order valence-corrected chi connectivity index (χ3v) is 4.13. The van der Waals surface area contributed by atoms with Gasteiger partial charge in [0.25, 0.3) is 5.91 Å². The van der Waals surface area contributed by atoms with Crippen molar-refractivity contribution in [3.8, 4) is 11.5 Å². The predicted molar refractivity (Wildman–Crippen MR) is 80.2 cm³/mol. The Kier molecular flexibility index (Phi) is 3.98. The van der Waals surface area contributed by atoms with E-state index in [-0.39, 0.29) is 5.91 Å². The largest absolute Gasteiger partial charge is 0.489 e. The van der Waals surface area contributed by atoms with Crippen LogP contribution in [0.25, 0.3) is 0 Å². The maximum atomic E-state index is 12.3. The topological polar surface area (TPSA) is 52.8 Å². The summed E-state index contributed by atoms with van der Waals surface area (Å²) in [5, 5.41) is 2.23. The summed E-state index contributed by atoms with van der Waals surface area (Å²) in [4.78, 5) is 17.0. The van der Waals surface area contributed by atoms with Crippen molar-refractivity contribution in [1.29, 1.82) is 0 Å². The van der Waals surface area contributed by atoms with Gasteiger partial charge in [-0.25, -0.2) is 0 Å². The number of nitrogens with zero attached hydrogens (tertiary/aromatic N) is 2. The lowest BCUT2D eigenvalue weighted by Gasteiger charge is -2.10. The van der Waals surface area contributed by atoms with Gasteiger partial charge in [-0.3, -0.25) is 4.79 Å². The highest BCUT2D eigenvalue weighted by Gasteiger charge is 2.18. The van der Waals surface area contributed by atoms with Gasteiger partial charge in [-0.15, -0.1) is 11.3 Å². The molecular weight excluding hydrogens is 312 g/mol. The maximum Gasteiger partial charge on any atom is 0.279 e. The van der Waals surface area contributed by atoms with E-state index in [4.69, 9.17) is 21.1 Å². The highest BCUT2D eigenvalue weighted by atomic mass is 35.5. The molecule has 0 atom stereocenters. The van der Waals surface area contributed by atoms with Crippen LogP contribution in [-0.4, -0.2) is 23.7 Å². The summed E-state index contributed by atoms with van der Waals surface area (Å²) in [6, 6.07) is 3.19. The Bertz CT molecular complexity index is 751. The number of halogens is 1. The zero-order chi connectivity index (χ0) is 14.8. The normalized spacial score (nSPS) is 14.9. The molecule has 1 aromatic heterocycles. The van der Waals surface area contributed by atoms with Crippen LogP contribution in [0.2, 0.25) is 5.02 Å². The van der Waals surface area contributed by atoms with Gasteiger partial charge in [-0.2, -0.15) is 4.99 Å². The predicted octanol–water partition coefficient (Wildman–Crippen LogP) is 2.64. The summed E-state index contributed by atoms with van der Waals surface area (Å²) in [6.45, 7) is 1.09. The van der Waals surface area contributed by atoms with E-state index in [9.17, 15) is 4.79 Å². The number of carbonyl (C=O) groups is 1. The lowest BCUT2D eigenvalue weighted by molar-refractivity contribution is 0.0997. The van der Waals surface area contributed by atoms with Gasteiger partial charge in [0.15, 0.2) is 16.3 Å². The van der Waals surface area contributed by atoms with Crippen LogP contribution in [0.15, 0.2) is 28.7 Å². The van der Waals surface area contributed by atoms with E-state index in [2.05, 4.69) is 4.99 Å². The Balaban J connectivity index is 2.00. The number of amides is 1. The Labute approximate surface area is 130 Å². The molecule has 0 aliphatic carbocycles. The van der Waals surface area contributed by atoms with Crippen molar-refractivity contribution in [3.63, 3.8) is 0 Å². The average Bonchev–Trinajstić information content (AvgIpc) is 2.73. The fraction of sp³-hybridized carbons (Fsp3) is 0.286. The smallest absolute Gasteiger partial charge is 0.279 e. The SMILES string of the molecule is Cn1ccsc1=NC(=O)c1cc(Cl)c2c(c1)OCCCO2. The van der Waals surface area contributed by atoms with Gasteiger partial charge in [-0.05, 0) is 12.1 Å². The number of thiazole rings is 1. The van der Waals surface area contributed by atoms with Gasteiger partial charge in [0.2, 0.25) is 0 Å². The van der Waals surface area contributed by atoms with E-state index in [0.717, 1.165) is 6.42 Å². The first-order valence-electron chi connectivity index (χ1n) is 6.43. The molecule has 1 amide bonds. The number of carbonyl (C=O) groups excluding carboxylic acids is 1. The first kappa shape index (κ1) is 14.2. The molecule has 0 spiro atoms. The van der Waals surface area contributed by atoms with Gasteiger partial charge in [0.1, 0.15) is 0 Å². The van der Waals surface area contributed by atoms with E-state index in [0.29, 0.717) is 40.1 Å². The quantitative estimate of drug-likeness (QED) is 0.810. The van der Waals surface area contributed by atoms with Gasteiger partial charge < -0.3 is 14.0 Å². The second kappa shape index (κ2) is 5.91. The standard InChI is InChI=1S/C14H13ClN2O3S/c1-17-3-6-21-14(17)16-13(18)9-7-10(15)12-11(8-9)19-4-2-5-20-12/h3,6-8H,2,4-5H2,1H3. The van der Waals surface area contributed by atoms with Crippen molar-refractivity contribution in [2.24, 2.45) is 12.0 Å². The van der Waals surface area contributed by atoms with Crippen LogP contribution in [0.5, 0.6) is 11.5 Å². The van der Waals surface area contributed by atoms with Gasteiger partial charge in [-0.1, -0.05) is 11.6 Å². The summed E-state index contributed by atoms with van der Waals surface area (Å²) in [6.07, 6.45) is 2.63. The third-order valence-electron chi connectivity index (χ3n) is 3.01. The monoisotopic (exact) mass is 324 g/mol. The number of aryl methyl sites for hydroxylation is 1. The van der Waals surface area contributed by atoms with Crippen LogP contribution in [-0.2, 0) is 7.05 Å². The van der Waals surface area contributed by atoms with Gasteiger partial charge in [0, 0.05) is 30.6 Å². The molecule has 1 aliphatic heterocycles. The lowest BCUT2D eigenvalue weighted by Crippen LogP contribution is -2.12. The number of hydrogen-bond donors (Lipinski definition) is 0. The Morgan fingerprint density at radius 1 is 1.38 bits per heavy atom. The molecule has 3 rings (SSSR count). The fourth-order valence-electron chi connectivity index (χ4n) is 1.94. The minimum absolute atomic E-state index is 0.356. The van der Waals surface area contributed by atoms with E-state index >= 15 is 0 Å². The number of aromatic nitrogens is 1. The van der Waals surface area contributed by atoms with Crippen molar-refractivity contribution < 1.29 is 14.3 Å². The number of rotatable bonds is 1. The summed E-state index contributed by atoms with van der Waals surface area (Å²) >= 11 is 7.57. The Morgan fingerprint density at radius 3 is 2.95 bits per heavy atom. The van der Waals surface area contributed by atoms with E-state index < -0.39 is 0 Å². The highest BCUT2D eigenvalue weighted by Crippen LogP contribution is 2.38. The van der Waals surface area contributed by atoms with Crippen LogP contribution in [0.3, 0.4) is 0 Å². The highest BCUT2D eigenvalue weighted by molar-refractivity contribution is 7.07. The maximum absolute atomic E-state index is 12.3. The van der Waals surface area contributed by atoms with Crippen LogP contribution in [0, 0.1) is 0 Å². The van der Waals surface area contributed by atoms with Crippen LogP contribution in [0.1, 0.15) is 16.8 Å². The molecule has 0 unspecified atom stereocenters. The molecule has 0 N–H and O–H groups in total. The molecule has 2 heterocycles. The molecule has 21 heavy (non-hydrogen) atoms.